The molecule has 2 aliphatic rings. The van der Waals surface area contributed by atoms with E-state index in [2.05, 4.69) is 15.2 Å². The molecule has 30 heavy (non-hydrogen) atoms. The standard InChI is InChI=1S/C21H31FN4O3.HI/c1-2-23-21(24-14-16-3-4-19(22)18(13-16)15-27)26-7-5-17(6-8-26)20(28)25-9-11-29-12-10-25;/h3-4,13,17,27H,2,5-12,14-15H2,1H3,(H,23,24);1H. The molecule has 9 heteroatoms. The van der Waals surface area contributed by atoms with Crippen LogP contribution in [-0.2, 0) is 22.7 Å². The van der Waals surface area contributed by atoms with E-state index in [9.17, 15) is 14.3 Å². The minimum absolute atomic E-state index is 0. The number of piperidine rings is 1. The van der Waals surface area contributed by atoms with Gasteiger partial charge >= 0.3 is 0 Å². The highest BCUT2D eigenvalue weighted by Crippen LogP contribution is 2.21. The van der Waals surface area contributed by atoms with Crippen molar-refractivity contribution >= 4 is 35.8 Å². The predicted molar refractivity (Wildman–Crippen MR) is 124 cm³/mol. The molecule has 2 fully saturated rings. The van der Waals surface area contributed by atoms with Crippen LogP contribution in [0.1, 0.15) is 30.9 Å². The fourth-order valence-corrected chi connectivity index (χ4v) is 3.82. The first kappa shape index (κ1) is 24.8. The first-order chi connectivity index (χ1) is 14.1. The normalized spacial score (nSPS) is 18.2. The van der Waals surface area contributed by atoms with Crippen molar-refractivity contribution in [2.75, 3.05) is 45.9 Å². The van der Waals surface area contributed by atoms with Crippen LogP contribution in [0.15, 0.2) is 23.2 Å². The molecule has 2 aliphatic heterocycles. The molecule has 2 heterocycles. The van der Waals surface area contributed by atoms with Gasteiger partial charge in [0.05, 0.1) is 26.4 Å². The number of morpholine rings is 1. The summed E-state index contributed by atoms with van der Waals surface area (Å²) in [5.74, 6) is 0.716. The number of hydrogen-bond acceptors (Lipinski definition) is 4. The fraction of sp³-hybridized carbons (Fsp3) is 0.619. The lowest BCUT2D eigenvalue weighted by Crippen LogP contribution is -2.50. The maximum absolute atomic E-state index is 13.6. The van der Waals surface area contributed by atoms with Crippen LogP contribution in [0.4, 0.5) is 4.39 Å². The van der Waals surface area contributed by atoms with E-state index in [1.807, 2.05) is 11.8 Å². The van der Waals surface area contributed by atoms with Gasteiger partial charge in [-0.1, -0.05) is 6.07 Å². The van der Waals surface area contributed by atoms with Crippen LogP contribution in [0.2, 0.25) is 0 Å². The fourth-order valence-electron chi connectivity index (χ4n) is 3.82. The second-order valence-electron chi connectivity index (χ2n) is 7.45. The van der Waals surface area contributed by atoms with Gasteiger partial charge in [0.1, 0.15) is 5.82 Å². The van der Waals surface area contributed by atoms with Gasteiger partial charge in [-0.25, -0.2) is 9.38 Å². The van der Waals surface area contributed by atoms with Crippen molar-refractivity contribution in [3.63, 3.8) is 0 Å². The van der Waals surface area contributed by atoms with Crippen molar-refractivity contribution < 1.29 is 19.0 Å². The number of amides is 1. The Hall–Kier alpha value is -1.46. The maximum atomic E-state index is 13.6. The smallest absolute Gasteiger partial charge is 0.225 e. The monoisotopic (exact) mass is 534 g/mol. The van der Waals surface area contributed by atoms with Gasteiger partial charge < -0.3 is 25.0 Å². The zero-order valence-corrected chi connectivity index (χ0v) is 19.8. The lowest BCUT2D eigenvalue weighted by molar-refractivity contribution is -0.140. The molecule has 3 rings (SSSR count). The number of aliphatic hydroxyl groups is 1. The third kappa shape index (κ3) is 6.52. The van der Waals surface area contributed by atoms with Crippen LogP contribution in [-0.4, -0.2) is 72.7 Å². The van der Waals surface area contributed by atoms with Crippen LogP contribution in [0, 0.1) is 11.7 Å². The summed E-state index contributed by atoms with van der Waals surface area (Å²) in [6.45, 7) is 7.04. The zero-order chi connectivity index (χ0) is 20.6. The lowest BCUT2D eigenvalue weighted by Gasteiger charge is -2.36. The van der Waals surface area contributed by atoms with Gasteiger partial charge in [-0.15, -0.1) is 24.0 Å². The average Bonchev–Trinajstić information content (AvgIpc) is 2.77. The highest BCUT2D eigenvalue weighted by Gasteiger charge is 2.30. The molecule has 1 aromatic carbocycles. The minimum atomic E-state index is -0.404. The summed E-state index contributed by atoms with van der Waals surface area (Å²) in [6.07, 6.45) is 1.62. The van der Waals surface area contributed by atoms with Crippen LogP contribution in [0.5, 0.6) is 0 Å². The van der Waals surface area contributed by atoms with Crippen molar-refractivity contribution in [2.45, 2.75) is 32.9 Å². The molecule has 0 spiro atoms. The van der Waals surface area contributed by atoms with Gasteiger partial charge in [0, 0.05) is 44.2 Å². The number of guanidine groups is 1. The SMILES string of the molecule is CCNC(=NCc1ccc(F)c(CO)c1)N1CCC(C(=O)N2CCOCC2)CC1.I. The molecule has 7 nitrogen and oxygen atoms in total. The van der Waals surface area contributed by atoms with Crippen molar-refractivity contribution in [3.05, 3.63) is 35.1 Å². The summed E-state index contributed by atoms with van der Waals surface area (Å²) in [7, 11) is 0. The molecule has 0 saturated carbocycles. The third-order valence-corrected chi connectivity index (χ3v) is 5.49. The number of rotatable bonds is 5. The molecule has 2 saturated heterocycles. The topological polar surface area (TPSA) is 77.4 Å². The molecular formula is C21H32FIN4O3. The molecule has 0 unspecified atom stereocenters. The number of benzene rings is 1. The highest BCUT2D eigenvalue weighted by atomic mass is 127. The Labute approximate surface area is 194 Å². The molecule has 0 aromatic heterocycles. The summed E-state index contributed by atoms with van der Waals surface area (Å²) >= 11 is 0. The van der Waals surface area contributed by atoms with Gasteiger partial charge in [0.2, 0.25) is 5.91 Å². The molecule has 1 aromatic rings. The molecule has 0 bridgehead atoms. The summed E-state index contributed by atoms with van der Waals surface area (Å²) in [6, 6.07) is 4.70. The van der Waals surface area contributed by atoms with E-state index in [-0.39, 0.29) is 48.0 Å². The predicted octanol–water partition coefficient (Wildman–Crippen LogP) is 1.97. The van der Waals surface area contributed by atoms with Crippen LogP contribution < -0.4 is 5.32 Å². The van der Waals surface area contributed by atoms with Crippen molar-refractivity contribution in [2.24, 2.45) is 10.9 Å². The summed E-state index contributed by atoms with van der Waals surface area (Å²) < 4.78 is 18.9. The van der Waals surface area contributed by atoms with E-state index in [4.69, 9.17) is 4.74 Å². The molecular weight excluding hydrogens is 502 g/mol. The van der Waals surface area contributed by atoms with Crippen molar-refractivity contribution in [1.82, 2.24) is 15.1 Å². The summed E-state index contributed by atoms with van der Waals surface area (Å²) in [4.78, 5) is 21.5. The Kier molecular flexibility index (Phi) is 10.3. The number of aliphatic imine (C=N–C) groups is 1. The first-order valence-electron chi connectivity index (χ1n) is 10.4. The Morgan fingerprint density at radius 2 is 1.93 bits per heavy atom. The number of aliphatic hydroxyl groups excluding tert-OH is 1. The maximum Gasteiger partial charge on any atom is 0.225 e. The van der Waals surface area contributed by atoms with E-state index >= 15 is 0 Å². The number of carbonyl (C=O) groups is 1. The number of ether oxygens (including phenoxy) is 1. The van der Waals surface area contributed by atoms with Crippen LogP contribution in [0.3, 0.4) is 0 Å². The average molecular weight is 534 g/mol. The Morgan fingerprint density at radius 3 is 2.57 bits per heavy atom. The van der Waals surface area contributed by atoms with Crippen LogP contribution >= 0.6 is 24.0 Å². The van der Waals surface area contributed by atoms with E-state index in [1.165, 1.54) is 6.07 Å². The van der Waals surface area contributed by atoms with Gasteiger partial charge in [0.25, 0.3) is 0 Å². The third-order valence-electron chi connectivity index (χ3n) is 5.49. The molecule has 2 N–H and O–H groups in total. The zero-order valence-electron chi connectivity index (χ0n) is 17.5. The molecule has 1 amide bonds. The van der Waals surface area contributed by atoms with E-state index in [0.717, 1.165) is 44.0 Å². The van der Waals surface area contributed by atoms with Gasteiger partial charge in [0.15, 0.2) is 5.96 Å². The van der Waals surface area contributed by atoms with Crippen molar-refractivity contribution in [1.29, 1.82) is 0 Å². The van der Waals surface area contributed by atoms with Gasteiger partial charge in [-0.05, 0) is 37.5 Å². The Balaban J connectivity index is 0.00000320. The van der Waals surface area contributed by atoms with Crippen LogP contribution in [0.25, 0.3) is 0 Å². The number of nitrogens with zero attached hydrogens (tertiary/aromatic N) is 3. The highest BCUT2D eigenvalue weighted by molar-refractivity contribution is 14.0. The largest absolute Gasteiger partial charge is 0.392 e. The Bertz CT molecular complexity index is 720. The molecule has 0 atom stereocenters. The van der Waals surface area contributed by atoms with E-state index in [1.54, 1.807) is 12.1 Å². The Morgan fingerprint density at radius 1 is 1.23 bits per heavy atom. The molecule has 168 valence electrons. The first-order valence-corrected chi connectivity index (χ1v) is 10.4. The number of carbonyl (C=O) groups excluding carboxylic acids is 1. The lowest BCUT2D eigenvalue weighted by atomic mass is 9.95. The summed E-state index contributed by atoms with van der Waals surface area (Å²) in [5, 5.41) is 12.5. The van der Waals surface area contributed by atoms with Crippen molar-refractivity contribution in [3.8, 4) is 0 Å². The number of halogens is 2. The molecule has 0 aliphatic carbocycles. The van der Waals surface area contributed by atoms with E-state index < -0.39 is 5.82 Å². The van der Waals surface area contributed by atoms with Gasteiger partial charge in [-0.2, -0.15) is 0 Å². The minimum Gasteiger partial charge on any atom is -0.392 e. The number of nitrogens with one attached hydrogen (secondary N) is 1. The molecule has 0 radical (unpaired) electrons. The second kappa shape index (κ2) is 12.4. The van der Waals surface area contributed by atoms with Gasteiger partial charge in [-0.3, -0.25) is 4.79 Å². The number of hydrogen-bond donors (Lipinski definition) is 2. The number of likely N-dealkylation sites (tertiary alicyclic amines) is 1. The quantitative estimate of drug-likeness (QED) is 0.344. The second-order valence-corrected chi connectivity index (χ2v) is 7.45. The summed E-state index contributed by atoms with van der Waals surface area (Å²) in [5.41, 5.74) is 1.13. The van der Waals surface area contributed by atoms with E-state index in [0.29, 0.717) is 32.8 Å².